The number of benzene rings is 2. The highest BCUT2D eigenvalue weighted by atomic mass is 19.1. The highest BCUT2D eigenvalue weighted by Crippen LogP contribution is 2.09. The van der Waals surface area contributed by atoms with Gasteiger partial charge in [0.1, 0.15) is 11.6 Å². The lowest BCUT2D eigenvalue weighted by atomic mass is 10.1. The Morgan fingerprint density at radius 2 is 2.00 bits per heavy atom. The van der Waals surface area contributed by atoms with Crippen LogP contribution in [0.2, 0.25) is 0 Å². The summed E-state index contributed by atoms with van der Waals surface area (Å²) in [5.41, 5.74) is 1.68. The van der Waals surface area contributed by atoms with Crippen LogP contribution in [0.15, 0.2) is 47.5 Å². The lowest BCUT2D eigenvalue weighted by molar-refractivity contribution is 0.604. The van der Waals surface area contributed by atoms with Crippen LogP contribution in [0.4, 0.5) is 8.78 Å². The Morgan fingerprint density at radius 1 is 1.17 bits per heavy atom. The van der Waals surface area contributed by atoms with E-state index in [9.17, 15) is 8.78 Å². The number of hydrogen-bond acceptors (Lipinski definition) is 2. The van der Waals surface area contributed by atoms with Crippen LogP contribution in [0.5, 0.6) is 0 Å². The largest absolute Gasteiger partial charge is 0.356 e. The average Bonchev–Trinajstić information content (AvgIpc) is 2.59. The van der Waals surface area contributed by atoms with Gasteiger partial charge in [-0.3, -0.25) is 4.99 Å². The highest BCUT2D eigenvalue weighted by Gasteiger charge is 2.05. The van der Waals surface area contributed by atoms with Crippen molar-refractivity contribution in [3.8, 4) is 6.07 Å². The molecule has 0 bridgehead atoms. The lowest BCUT2D eigenvalue weighted by Gasteiger charge is -2.12. The molecule has 6 heteroatoms. The van der Waals surface area contributed by atoms with Crippen molar-refractivity contribution in [2.45, 2.75) is 13.0 Å². The predicted molar refractivity (Wildman–Crippen MR) is 89.4 cm³/mol. The van der Waals surface area contributed by atoms with Crippen LogP contribution < -0.4 is 10.6 Å². The van der Waals surface area contributed by atoms with E-state index < -0.39 is 0 Å². The second-order valence-electron chi connectivity index (χ2n) is 5.15. The van der Waals surface area contributed by atoms with Gasteiger partial charge in [-0.25, -0.2) is 8.78 Å². The van der Waals surface area contributed by atoms with Gasteiger partial charge in [0.05, 0.1) is 11.6 Å². The third-order valence-electron chi connectivity index (χ3n) is 3.44. The van der Waals surface area contributed by atoms with Crippen molar-refractivity contribution in [1.29, 1.82) is 5.26 Å². The van der Waals surface area contributed by atoms with Crippen LogP contribution in [0.25, 0.3) is 0 Å². The number of halogens is 2. The Bertz CT molecular complexity index is 766. The zero-order valence-electron chi connectivity index (χ0n) is 13.3. The van der Waals surface area contributed by atoms with Gasteiger partial charge in [0, 0.05) is 25.7 Å². The maximum Gasteiger partial charge on any atom is 0.191 e. The third kappa shape index (κ3) is 5.06. The first-order valence-electron chi connectivity index (χ1n) is 7.50. The monoisotopic (exact) mass is 328 g/mol. The zero-order valence-corrected chi connectivity index (χ0v) is 13.3. The molecule has 24 heavy (non-hydrogen) atoms. The number of rotatable bonds is 5. The first-order valence-corrected chi connectivity index (χ1v) is 7.50. The van der Waals surface area contributed by atoms with Crippen molar-refractivity contribution in [2.24, 2.45) is 4.99 Å². The predicted octanol–water partition coefficient (Wildman–Crippen LogP) is 2.74. The molecule has 2 aromatic carbocycles. The summed E-state index contributed by atoms with van der Waals surface area (Å²) in [6.45, 7) is 0.769. The van der Waals surface area contributed by atoms with Crippen LogP contribution in [0.3, 0.4) is 0 Å². The van der Waals surface area contributed by atoms with E-state index in [0.717, 1.165) is 5.56 Å². The van der Waals surface area contributed by atoms with Gasteiger partial charge in [0.15, 0.2) is 5.96 Å². The molecule has 0 saturated carbocycles. The third-order valence-corrected chi connectivity index (χ3v) is 3.44. The molecule has 0 heterocycles. The maximum absolute atomic E-state index is 13.7. The first kappa shape index (κ1) is 17.4. The molecule has 0 aromatic heterocycles. The van der Waals surface area contributed by atoms with E-state index in [2.05, 4.69) is 15.6 Å². The van der Waals surface area contributed by atoms with Crippen LogP contribution in [0, 0.1) is 23.0 Å². The van der Waals surface area contributed by atoms with Crippen molar-refractivity contribution < 1.29 is 8.78 Å². The molecule has 2 aromatic rings. The van der Waals surface area contributed by atoms with E-state index in [4.69, 9.17) is 5.26 Å². The molecule has 4 nitrogen and oxygen atoms in total. The fourth-order valence-corrected chi connectivity index (χ4v) is 2.20. The lowest BCUT2D eigenvalue weighted by Crippen LogP contribution is -2.38. The molecule has 124 valence electrons. The van der Waals surface area contributed by atoms with Gasteiger partial charge < -0.3 is 10.6 Å². The molecule has 0 atom stereocenters. The van der Waals surface area contributed by atoms with Gasteiger partial charge in [0.25, 0.3) is 0 Å². The van der Waals surface area contributed by atoms with Gasteiger partial charge in [0.2, 0.25) is 0 Å². The van der Waals surface area contributed by atoms with E-state index >= 15 is 0 Å². The molecule has 2 N–H and O–H groups in total. The normalized spacial score (nSPS) is 11.0. The second kappa shape index (κ2) is 8.63. The zero-order chi connectivity index (χ0) is 17.4. The van der Waals surface area contributed by atoms with E-state index in [1.54, 1.807) is 13.1 Å². The first-order chi connectivity index (χ1) is 11.6. The number of nitrogens with zero attached hydrogens (tertiary/aromatic N) is 2. The molecule has 0 aliphatic carbocycles. The van der Waals surface area contributed by atoms with E-state index in [1.165, 1.54) is 30.3 Å². The molecule has 0 fully saturated rings. The molecule has 0 aliphatic heterocycles. The number of aliphatic imine (C=N–C) groups is 1. The van der Waals surface area contributed by atoms with E-state index in [-0.39, 0.29) is 18.2 Å². The minimum atomic E-state index is -0.378. The van der Waals surface area contributed by atoms with E-state index in [0.29, 0.717) is 30.1 Å². The Labute approximate surface area is 139 Å². The van der Waals surface area contributed by atoms with Crippen molar-refractivity contribution >= 4 is 5.96 Å². The number of nitriles is 1. The van der Waals surface area contributed by atoms with Gasteiger partial charge >= 0.3 is 0 Å². The summed E-state index contributed by atoms with van der Waals surface area (Å²) in [6.07, 6.45) is 0.636. The summed E-state index contributed by atoms with van der Waals surface area (Å²) < 4.78 is 26.8. The molecular weight excluding hydrogens is 310 g/mol. The molecule has 0 aliphatic rings. The molecule has 0 saturated heterocycles. The van der Waals surface area contributed by atoms with Crippen molar-refractivity contribution in [3.63, 3.8) is 0 Å². The minimum Gasteiger partial charge on any atom is -0.356 e. The van der Waals surface area contributed by atoms with Gasteiger partial charge in [-0.05, 0) is 42.3 Å². The average molecular weight is 328 g/mol. The van der Waals surface area contributed by atoms with Crippen LogP contribution in [0.1, 0.15) is 16.7 Å². The van der Waals surface area contributed by atoms with Crippen LogP contribution >= 0.6 is 0 Å². The highest BCUT2D eigenvalue weighted by molar-refractivity contribution is 5.79. The summed E-state index contributed by atoms with van der Waals surface area (Å²) in [7, 11) is 1.61. The van der Waals surface area contributed by atoms with E-state index in [1.807, 2.05) is 12.1 Å². The summed E-state index contributed by atoms with van der Waals surface area (Å²) in [5, 5.41) is 14.9. The molecule has 2 rings (SSSR count). The van der Waals surface area contributed by atoms with Gasteiger partial charge in [-0.1, -0.05) is 12.1 Å². The quantitative estimate of drug-likeness (QED) is 0.655. The van der Waals surface area contributed by atoms with Crippen LogP contribution in [-0.2, 0) is 13.0 Å². The number of guanidine groups is 1. The van der Waals surface area contributed by atoms with Crippen molar-refractivity contribution in [3.05, 3.63) is 70.8 Å². The van der Waals surface area contributed by atoms with Crippen molar-refractivity contribution in [1.82, 2.24) is 10.6 Å². The summed E-state index contributed by atoms with van der Waals surface area (Å²) in [4.78, 5) is 4.06. The topological polar surface area (TPSA) is 60.2 Å². The number of hydrogen-bond donors (Lipinski definition) is 2. The SMILES string of the molecule is CN=C(NCCc1cccc(F)c1)NCc1cc(C#N)ccc1F. The Balaban J connectivity index is 1.86. The van der Waals surface area contributed by atoms with Crippen LogP contribution in [-0.4, -0.2) is 19.6 Å². The maximum atomic E-state index is 13.7. The molecule has 0 amide bonds. The minimum absolute atomic E-state index is 0.209. The molecule has 0 radical (unpaired) electrons. The standard InChI is InChI=1S/C18H18F2N4/c1-22-18(23-8-7-13-3-2-4-16(19)10-13)24-12-15-9-14(11-21)5-6-17(15)20/h2-6,9-10H,7-8,12H2,1H3,(H2,22,23,24). The Kier molecular flexibility index (Phi) is 6.26. The second-order valence-corrected chi connectivity index (χ2v) is 5.15. The fourth-order valence-electron chi connectivity index (χ4n) is 2.20. The smallest absolute Gasteiger partial charge is 0.191 e. The van der Waals surface area contributed by atoms with Gasteiger partial charge in [-0.15, -0.1) is 0 Å². The Hall–Kier alpha value is -2.94. The summed E-state index contributed by atoms with van der Waals surface area (Å²) in [6, 6.07) is 12.6. The summed E-state index contributed by atoms with van der Waals surface area (Å²) in [5.74, 6) is -0.132. The van der Waals surface area contributed by atoms with Gasteiger partial charge in [-0.2, -0.15) is 5.26 Å². The molecular formula is C18H18F2N4. The Morgan fingerprint density at radius 3 is 2.71 bits per heavy atom. The van der Waals surface area contributed by atoms with Crippen molar-refractivity contribution in [2.75, 3.05) is 13.6 Å². The fraction of sp³-hybridized carbons (Fsp3) is 0.222. The number of nitrogens with one attached hydrogen (secondary N) is 2. The molecule has 0 unspecified atom stereocenters. The summed E-state index contributed by atoms with van der Waals surface area (Å²) >= 11 is 0. The molecule has 0 spiro atoms.